The number of rotatable bonds is 9. The lowest BCUT2D eigenvalue weighted by Gasteiger charge is -2.36. The van der Waals surface area contributed by atoms with E-state index in [4.69, 9.17) is 10.1 Å². The molecule has 0 spiro atoms. The number of likely N-dealkylation sites (N-methyl/N-ethyl adjacent to an activating group) is 1. The van der Waals surface area contributed by atoms with E-state index >= 15 is 0 Å². The predicted molar refractivity (Wildman–Crippen MR) is 160 cm³/mol. The van der Waals surface area contributed by atoms with Gasteiger partial charge in [-0.25, -0.2) is 18.9 Å². The largest absolute Gasteiger partial charge is 0.480 e. The first-order valence-electron chi connectivity index (χ1n) is 13.5. The molecule has 1 aromatic heterocycles. The van der Waals surface area contributed by atoms with Gasteiger partial charge in [-0.3, -0.25) is 15.1 Å². The van der Waals surface area contributed by atoms with Gasteiger partial charge in [0, 0.05) is 42.3 Å². The van der Waals surface area contributed by atoms with E-state index in [0.717, 1.165) is 12.1 Å². The first-order chi connectivity index (χ1) is 21.7. The van der Waals surface area contributed by atoms with E-state index in [2.05, 4.69) is 26.1 Å². The van der Waals surface area contributed by atoms with Crippen molar-refractivity contribution in [3.05, 3.63) is 82.8 Å². The number of imide groups is 1. The molecule has 3 aromatic rings. The third-order valence-electron chi connectivity index (χ3n) is 6.59. The number of hydrogen-bond acceptors (Lipinski definition) is 9. The number of amidine groups is 1. The summed E-state index contributed by atoms with van der Waals surface area (Å²) in [6, 6.07) is 9.46. The smallest absolute Gasteiger partial charge is 0.416 e. The van der Waals surface area contributed by atoms with Crippen molar-refractivity contribution in [2.45, 2.75) is 12.7 Å². The van der Waals surface area contributed by atoms with E-state index in [0.29, 0.717) is 27.2 Å². The number of carbonyl (C=O) groups excluding carboxylic acids is 3. The van der Waals surface area contributed by atoms with Crippen molar-refractivity contribution in [2.75, 3.05) is 50.3 Å². The van der Waals surface area contributed by atoms with Crippen LogP contribution in [0.5, 0.6) is 5.88 Å². The van der Waals surface area contributed by atoms with Gasteiger partial charge in [-0.1, -0.05) is 6.07 Å². The zero-order valence-electron chi connectivity index (χ0n) is 25.0. The number of ether oxygens (including phenoxy) is 1. The minimum Gasteiger partial charge on any atom is -0.480 e. The number of amides is 5. The maximum atomic E-state index is 14.9. The molecule has 2 heterocycles. The minimum absolute atomic E-state index is 0.0145. The average Bonchev–Trinajstić information content (AvgIpc) is 3.00. The fraction of sp³-hybridized carbons (Fsp3) is 0.241. The number of methoxy groups -OCH3 is 1. The van der Waals surface area contributed by atoms with Gasteiger partial charge in [-0.15, -0.1) is 10.2 Å². The van der Waals surface area contributed by atoms with Crippen LogP contribution in [0.4, 0.5) is 44.3 Å². The Labute approximate surface area is 260 Å². The van der Waals surface area contributed by atoms with Crippen LogP contribution in [0.2, 0.25) is 0 Å². The molecule has 0 radical (unpaired) electrons. The van der Waals surface area contributed by atoms with Gasteiger partial charge < -0.3 is 25.6 Å². The molecule has 0 saturated carbocycles. The maximum Gasteiger partial charge on any atom is 0.416 e. The van der Waals surface area contributed by atoms with Gasteiger partial charge in [0.1, 0.15) is 17.2 Å². The van der Waals surface area contributed by atoms with Crippen molar-refractivity contribution in [3.8, 4) is 5.88 Å². The number of urea groups is 2. The third-order valence-corrected chi connectivity index (χ3v) is 6.59. The van der Waals surface area contributed by atoms with E-state index in [-0.39, 0.29) is 23.9 Å². The lowest BCUT2D eigenvalue weighted by atomic mass is 10.0. The maximum absolute atomic E-state index is 14.9. The van der Waals surface area contributed by atoms with Crippen LogP contribution in [-0.2, 0) is 17.5 Å². The Kier molecular flexibility index (Phi) is 9.85. The molecule has 0 bridgehead atoms. The summed E-state index contributed by atoms with van der Waals surface area (Å²) in [4.78, 5) is 42.2. The Hall–Kier alpha value is -5.58. The topological polar surface area (TPSA) is 156 Å². The number of aromatic nitrogens is 2. The van der Waals surface area contributed by atoms with Crippen LogP contribution in [0.1, 0.15) is 11.1 Å². The molecule has 46 heavy (non-hydrogen) atoms. The number of anilines is 3. The van der Waals surface area contributed by atoms with Crippen LogP contribution < -0.4 is 25.6 Å². The molecule has 4 rings (SSSR count). The third kappa shape index (κ3) is 7.20. The second-order valence-corrected chi connectivity index (χ2v) is 10.1. The van der Waals surface area contributed by atoms with Crippen LogP contribution in [0.25, 0.3) is 0 Å². The fourth-order valence-electron chi connectivity index (χ4n) is 4.46. The summed E-state index contributed by atoms with van der Waals surface area (Å²) in [5, 5.41) is 24.6. The van der Waals surface area contributed by atoms with Crippen molar-refractivity contribution in [2.24, 2.45) is 0 Å². The van der Waals surface area contributed by atoms with Gasteiger partial charge in [0.15, 0.2) is 5.82 Å². The number of carbonyl (C=O) groups is 3. The minimum atomic E-state index is -4.98. The lowest BCUT2D eigenvalue weighted by Crippen LogP contribution is -2.57. The second-order valence-electron chi connectivity index (χ2n) is 10.1. The normalized spacial score (nSPS) is 14.8. The van der Waals surface area contributed by atoms with E-state index in [1.54, 1.807) is 43.3 Å². The Morgan fingerprint density at radius 3 is 2.20 bits per heavy atom. The fourth-order valence-corrected chi connectivity index (χ4v) is 4.46. The first kappa shape index (κ1) is 33.3. The van der Waals surface area contributed by atoms with Gasteiger partial charge in [0.2, 0.25) is 5.88 Å². The van der Waals surface area contributed by atoms with Gasteiger partial charge >= 0.3 is 18.2 Å². The number of alkyl halides is 3. The number of hydrogen-bond donors (Lipinski definition) is 4. The monoisotopic (exact) mass is 643 g/mol. The number of nitrogens with zero attached hydrogens (tertiary/aromatic N) is 5. The molecule has 2 aromatic carbocycles. The molecule has 17 heteroatoms. The van der Waals surface area contributed by atoms with E-state index in [1.807, 2.05) is 0 Å². The highest BCUT2D eigenvalue weighted by molar-refractivity contribution is 6.38. The predicted octanol–water partition coefficient (Wildman–Crippen LogP) is 4.27. The molecule has 1 saturated heterocycles. The number of nitrogens with one attached hydrogen (secondary N) is 4. The van der Waals surface area contributed by atoms with Gasteiger partial charge in [-0.2, -0.15) is 13.2 Å². The SMILES string of the molecule is CNC(=O)Nc1ccc(N/C(CN(C)C)=C2\C(=N)N(Cc3c(F)cccc3C(F)(F)F)C(=O)N(c3ccc(OC)nn3)C2=O)cc1. The Balaban J connectivity index is 1.86. The molecule has 1 aliphatic rings. The summed E-state index contributed by atoms with van der Waals surface area (Å²) in [7, 11) is 6.10. The van der Waals surface area contributed by atoms with Gasteiger partial charge in [-0.05, 0) is 56.6 Å². The molecule has 13 nitrogen and oxygen atoms in total. The van der Waals surface area contributed by atoms with Gasteiger partial charge in [0.05, 0.1) is 19.2 Å². The van der Waals surface area contributed by atoms with Crippen LogP contribution in [0.15, 0.2) is 65.9 Å². The van der Waals surface area contributed by atoms with Crippen LogP contribution in [-0.4, -0.2) is 78.6 Å². The molecule has 1 aliphatic heterocycles. The van der Waals surface area contributed by atoms with Crippen molar-refractivity contribution in [3.63, 3.8) is 0 Å². The molecular weight excluding hydrogens is 614 g/mol. The molecule has 4 N–H and O–H groups in total. The quantitative estimate of drug-likeness (QED) is 0.199. The lowest BCUT2D eigenvalue weighted by molar-refractivity contribution is -0.138. The molecule has 242 valence electrons. The number of halogens is 4. The van der Waals surface area contributed by atoms with Crippen LogP contribution in [0, 0.1) is 11.2 Å². The standard InChI is InChI=1S/C29H29F4N9O4/c1-35-27(44)37-17-10-8-16(9-11-17)36-21(15-40(2)3)24-25(34)41(14-18-19(29(31,32)33)6-5-7-20(18)30)28(45)42(26(24)43)22-12-13-23(46-4)39-38-22/h5-13,34,36H,14-15H2,1-4H3,(H2,35,37,44)/b24-21+,34-25?. The number of benzene rings is 2. The first-order valence-corrected chi connectivity index (χ1v) is 13.5. The highest BCUT2D eigenvalue weighted by atomic mass is 19.4. The Morgan fingerprint density at radius 2 is 1.65 bits per heavy atom. The second kappa shape index (κ2) is 13.6. The Morgan fingerprint density at radius 1 is 1.00 bits per heavy atom. The summed E-state index contributed by atoms with van der Waals surface area (Å²) in [6.07, 6.45) is -4.98. The van der Waals surface area contributed by atoms with E-state index in [1.165, 1.54) is 26.3 Å². The average molecular weight is 644 g/mol. The summed E-state index contributed by atoms with van der Waals surface area (Å²) in [5.41, 5.74) is -1.71. The summed E-state index contributed by atoms with van der Waals surface area (Å²) in [6.45, 7) is -1.05. The molecule has 1 fully saturated rings. The summed E-state index contributed by atoms with van der Waals surface area (Å²) in [5.74, 6) is -3.33. The summed E-state index contributed by atoms with van der Waals surface area (Å²) >= 11 is 0. The van der Waals surface area contributed by atoms with Gasteiger partial charge in [0.25, 0.3) is 5.91 Å². The molecule has 0 aliphatic carbocycles. The van der Waals surface area contributed by atoms with Crippen molar-refractivity contribution in [1.82, 2.24) is 25.3 Å². The van der Waals surface area contributed by atoms with Crippen molar-refractivity contribution >= 4 is 41.0 Å². The summed E-state index contributed by atoms with van der Waals surface area (Å²) < 4.78 is 61.6. The van der Waals surface area contributed by atoms with Crippen molar-refractivity contribution in [1.29, 1.82) is 5.41 Å². The molecular formula is C29H29F4N9O4. The van der Waals surface area contributed by atoms with E-state index in [9.17, 15) is 31.9 Å². The van der Waals surface area contributed by atoms with Crippen LogP contribution >= 0.6 is 0 Å². The highest BCUT2D eigenvalue weighted by Crippen LogP contribution is 2.35. The molecule has 0 unspecified atom stereocenters. The van der Waals surface area contributed by atoms with Crippen LogP contribution in [0.3, 0.4) is 0 Å². The zero-order valence-corrected chi connectivity index (χ0v) is 25.0. The Bertz CT molecular complexity index is 1680. The molecule has 5 amide bonds. The van der Waals surface area contributed by atoms with E-state index < -0.39 is 59.0 Å². The van der Waals surface area contributed by atoms with Crippen molar-refractivity contribution < 1.29 is 36.7 Å². The zero-order chi connectivity index (χ0) is 33.8. The highest BCUT2D eigenvalue weighted by Gasteiger charge is 2.45. The molecule has 0 atom stereocenters.